The quantitative estimate of drug-likeness (QED) is 0.0689. The van der Waals surface area contributed by atoms with Crippen molar-refractivity contribution in [3.8, 4) is 0 Å². The van der Waals surface area contributed by atoms with Crippen molar-refractivity contribution in [1.29, 1.82) is 0 Å². The van der Waals surface area contributed by atoms with Crippen molar-refractivity contribution in [3.63, 3.8) is 0 Å². The highest BCUT2D eigenvalue weighted by atomic mass is 35.5. The van der Waals surface area contributed by atoms with Gasteiger partial charge in [-0.05, 0) is 90.9 Å². The number of carbonyl (C=O) groups excluding carboxylic acids is 4. The molecule has 0 spiro atoms. The first-order chi connectivity index (χ1) is 23.8. The molecular weight excluding hydrogens is 658 g/mol. The number of nitrogens with one attached hydrogen (secondary N) is 3. The van der Waals surface area contributed by atoms with Crippen LogP contribution in [0.3, 0.4) is 0 Å². The van der Waals surface area contributed by atoms with Crippen LogP contribution in [-0.2, 0) is 14.3 Å². The molecule has 0 aliphatic rings. The van der Waals surface area contributed by atoms with E-state index >= 15 is 0 Å². The van der Waals surface area contributed by atoms with Gasteiger partial charge < -0.3 is 20.7 Å². The van der Waals surface area contributed by atoms with Gasteiger partial charge >= 0.3 is 5.97 Å². The van der Waals surface area contributed by atoms with Gasteiger partial charge in [-0.2, -0.15) is 0 Å². The van der Waals surface area contributed by atoms with E-state index in [0.29, 0.717) is 38.0 Å². The van der Waals surface area contributed by atoms with Crippen LogP contribution in [0.2, 0.25) is 5.02 Å². The largest absolute Gasteiger partial charge is 0.462 e. The minimum atomic E-state index is -0.652. The van der Waals surface area contributed by atoms with E-state index in [1.54, 1.807) is 110 Å². The molecule has 5 aromatic rings. The first kappa shape index (κ1) is 34.7. The maximum atomic E-state index is 13.7. The van der Waals surface area contributed by atoms with Gasteiger partial charge in [0.15, 0.2) is 0 Å². The summed E-state index contributed by atoms with van der Waals surface area (Å²) in [5.74, 6) is -1.70. The van der Waals surface area contributed by atoms with Gasteiger partial charge in [-0.3, -0.25) is 14.4 Å². The molecule has 0 heterocycles. The molecule has 8 nitrogen and oxygen atoms in total. The molecule has 0 saturated carbocycles. The first-order valence-electron chi connectivity index (χ1n) is 15.3. The summed E-state index contributed by atoms with van der Waals surface area (Å²) in [6.07, 6.45) is 1.55. The maximum absolute atomic E-state index is 13.7. The summed E-state index contributed by atoms with van der Waals surface area (Å²) in [6.45, 7) is 2.00. The van der Waals surface area contributed by atoms with E-state index in [1.165, 1.54) is 11.8 Å². The summed E-state index contributed by atoms with van der Waals surface area (Å²) >= 11 is 7.48. The Balaban J connectivity index is 1.35. The fraction of sp³-hybridized carbons (Fsp3) is 0.0769. The number of hydrogen-bond acceptors (Lipinski definition) is 6. The van der Waals surface area contributed by atoms with Gasteiger partial charge in [-0.1, -0.05) is 78.3 Å². The minimum Gasteiger partial charge on any atom is -0.462 e. The van der Waals surface area contributed by atoms with E-state index in [4.69, 9.17) is 16.3 Å². The number of halogens is 1. The Labute approximate surface area is 293 Å². The Hall–Kier alpha value is -5.64. The van der Waals surface area contributed by atoms with Crippen LogP contribution in [0.25, 0.3) is 6.08 Å². The first-order valence-corrected chi connectivity index (χ1v) is 16.6. The number of esters is 1. The third kappa shape index (κ3) is 9.93. The average molecular weight is 690 g/mol. The molecule has 1 unspecified atom stereocenters. The van der Waals surface area contributed by atoms with Crippen LogP contribution < -0.4 is 16.0 Å². The van der Waals surface area contributed by atoms with Gasteiger partial charge in [-0.15, -0.1) is 11.8 Å². The van der Waals surface area contributed by atoms with E-state index in [9.17, 15) is 19.2 Å². The molecular formula is C39H32ClN3O5S. The van der Waals surface area contributed by atoms with E-state index in [1.807, 2.05) is 36.4 Å². The molecule has 5 aromatic carbocycles. The smallest absolute Gasteiger partial charge is 0.338 e. The van der Waals surface area contributed by atoms with Crippen LogP contribution in [0.4, 0.5) is 11.4 Å². The summed E-state index contributed by atoms with van der Waals surface area (Å²) in [7, 11) is 0. The average Bonchev–Trinajstić information content (AvgIpc) is 3.11. The number of rotatable bonds is 12. The lowest BCUT2D eigenvalue weighted by Crippen LogP contribution is -2.30. The van der Waals surface area contributed by atoms with Crippen LogP contribution in [-0.4, -0.2) is 30.3 Å². The van der Waals surface area contributed by atoms with Gasteiger partial charge in [0.1, 0.15) is 10.9 Å². The van der Waals surface area contributed by atoms with Crippen molar-refractivity contribution in [2.24, 2.45) is 0 Å². The highest BCUT2D eigenvalue weighted by Gasteiger charge is 2.23. The van der Waals surface area contributed by atoms with Gasteiger partial charge in [0.05, 0.1) is 12.2 Å². The molecule has 0 fully saturated rings. The molecule has 0 aliphatic carbocycles. The summed E-state index contributed by atoms with van der Waals surface area (Å²) < 4.78 is 5.04. The number of benzene rings is 5. The number of amides is 3. The highest BCUT2D eigenvalue weighted by Crippen LogP contribution is 2.37. The SMILES string of the molecule is CCOC(=O)c1ccc(NC(=O)C(Sc2cccc(NC(=O)/C(=C/c3cccc(Cl)c3)NC(=O)c3ccccc3)c2)c2ccccc2)cc1. The molecule has 49 heavy (non-hydrogen) atoms. The number of thioether (sulfide) groups is 1. The summed E-state index contributed by atoms with van der Waals surface area (Å²) in [4.78, 5) is 53.1. The predicted octanol–water partition coefficient (Wildman–Crippen LogP) is 8.40. The summed E-state index contributed by atoms with van der Waals surface area (Å²) in [5, 5.41) is 8.37. The highest BCUT2D eigenvalue weighted by molar-refractivity contribution is 8.00. The normalized spacial score (nSPS) is 11.6. The Bertz CT molecular complexity index is 1970. The molecule has 5 rings (SSSR count). The second-order valence-corrected chi connectivity index (χ2v) is 12.2. The van der Waals surface area contributed by atoms with E-state index in [0.717, 1.165) is 5.56 Å². The zero-order chi connectivity index (χ0) is 34.6. The predicted molar refractivity (Wildman–Crippen MR) is 194 cm³/mol. The van der Waals surface area contributed by atoms with E-state index in [-0.39, 0.29) is 18.2 Å². The molecule has 0 saturated heterocycles. The fourth-order valence-corrected chi connectivity index (χ4v) is 5.98. The van der Waals surface area contributed by atoms with Crippen LogP contribution >= 0.6 is 23.4 Å². The Morgan fingerprint density at radius 1 is 0.735 bits per heavy atom. The number of hydrogen-bond donors (Lipinski definition) is 3. The van der Waals surface area contributed by atoms with Gasteiger partial charge in [-0.25, -0.2) is 4.79 Å². The van der Waals surface area contributed by atoms with Gasteiger partial charge in [0.25, 0.3) is 11.8 Å². The molecule has 0 bridgehead atoms. The molecule has 246 valence electrons. The lowest BCUT2D eigenvalue weighted by Gasteiger charge is -2.18. The molecule has 0 aliphatic heterocycles. The molecule has 3 amide bonds. The van der Waals surface area contributed by atoms with Gasteiger partial charge in [0, 0.05) is 26.9 Å². The van der Waals surface area contributed by atoms with Crippen molar-refractivity contribution < 1.29 is 23.9 Å². The fourth-order valence-electron chi connectivity index (χ4n) is 4.70. The molecule has 1 atom stereocenters. The summed E-state index contributed by atoms with van der Waals surface area (Å²) in [6, 6.07) is 38.4. The molecule has 0 radical (unpaired) electrons. The van der Waals surface area contributed by atoms with Crippen LogP contribution in [0, 0.1) is 0 Å². The lowest BCUT2D eigenvalue weighted by atomic mass is 10.1. The third-order valence-corrected chi connectivity index (χ3v) is 8.52. The van der Waals surface area contributed by atoms with Crippen molar-refractivity contribution in [2.45, 2.75) is 17.1 Å². The molecule has 3 N–H and O–H groups in total. The maximum Gasteiger partial charge on any atom is 0.338 e. The summed E-state index contributed by atoms with van der Waals surface area (Å²) in [5.41, 5.74) is 3.19. The van der Waals surface area contributed by atoms with Crippen LogP contribution in [0.5, 0.6) is 0 Å². The number of anilines is 2. The van der Waals surface area contributed by atoms with Gasteiger partial charge in [0.2, 0.25) is 5.91 Å². The molecule has 10 heteroatoms. The number of ether oxygens (including phenoxy) is 1. The monoisotopic (exact) mass is 689 g/mol. The molecule has 0 aromatic heterocycles. The Morgan fingerprint density at radius 3 is 2.12 bits per heavy atom. The number of carbonyl (C=O) groups is 4. The minimum absolute atomic E-state index is 0.0182. The van der Waals surface area contributed by atoms with Crippen molar-refractivity contribution in [3.05, 3.63) is 166 Å². The lowest BCUT2D eigenvalue weighted by molar-refractivity contribution is -0.116. The standard InChI is InChI=1S/C39H32ClN3O5S/c1-2-48-39(47)29-19-21-31(22-20-29)41-38(46)35(27-12-5-3-6-13-27)49-33-18-10-17-32(25-33)42-37(45)34(24-26-11-9-16-30(40)23-26)43-36(44)28-14-7-4-8-15-28/h3-25,35H,2H2,1H3,(H,41,46)(H,42,45)(H,43,44)/b34-24-. The topological polar surface area (TPSA) is 114 Å². The van der Waals surface area contributed by atoms with Crippen LogP contribution in [0.15, 0.2) is 144 Å². The zero-order valence-electron chi connectivity index (χ0n) is 26.4. The Kier molecular flexibility index (Phi) is 12.0. The zero-order valence-corrected chi connectivity index (χ0v) is 28.0. The van der Waals surface area contributed by atoms with Crippen molar-refractivity contribution in [1.82, 2.24) is 5.32 Å². The van der Waals surface area contributed by atoms with Crippen molar-refractivity contribution in [2.75, 3.05) is 17.2 Å². The van der Waals surface area contributed by atoms with E-state index in [2.05, 4.69) is 16.0 Å². The van der Waals surface area contributed by atoms with Crippen LogP contribution in [0.1, 0.15) is 44.0 Å². The second kappa shape index (κ2) is 17.0. The van der Waals surface area contributed by atoms with E-state index < -0.39 is 23.0 Å². The third-order valence-electron chi connectivity index (χ3n) is 7.04. The van der Waals surface area contributed by atoms with Crippen molar-refractivity contribution >= 4 is 64.5 Å². The Morgan fingerprint density at radius 2 is 1.43 bits per heavy atom. The second-order valence-electron chi connectivity index (χ2n) is 10.6.